The number of benzene rings is 1. The van der Waals surface area contributed by atoms with E-state index in [9.17, 15) is 5.11 Å². The van der Waals surface area contributed by atoms with Crippen LogP contribution in [0.25, 0.3) is 0 Å². The van der Waals surface area contributed by atoms with Crippen molar-refractivity contribution in [1.29, 1.82) is 0 Å². The van der Waals surface area contributed by atoms with Gasteiger partial charge in [-0.05, 0) is 26.0 Å². The van der Waals surface area contributed by atoms with Crippen LogP contribution in [-0.2, 0) is 0 Å². The molecule has 1 N–H and O–H groups in total. The van der Waals surface area contributed by atoms with Gasteiger partial charge in [0.1, 0.15) is 11.4 Å². The van der Waals surface area contributed by atoms with Crippen molar-refractivity contribution in [2.45, 2.75) is 13.8 Å². The van der Waals surface area contributed by atoms with Gasteiger partial charge in [-0.1, -0.05) is 12.1 Å². The number of hydrogen-bond donors (Lipinski definition) is 1. The SMILES string of the molecule is CC(C)=Nc1ccccc1O. The van der Waals surface area contributed by atoms with Gasteiger partial charge in [-0.25, -0.2) is 0 Å². The van der Waals surface area contributed by atoms with Crippen molar-refractivity contribution in [3.63, 3.8) is 0 Å². The highest BCUT2D eigenvalue weighted by molar-refractivity contribution is 5.82. The quantitative estimate of drug-likeness (QED) is 0.611. The van der Waals surface area contributed by atoms with E-state index in [1.165, 1.54) is 0 Å². The first kappa shape index (κ1) is 7.79. The molecule has 1 aromatic carbocycles. The molecule has 2 nitrogen and oxygen atoms in total. The van der Waals surface area contributed by atoms with Crippen molar-refractivity contribution >= 4 is 11.4 Å². The molecule has 0 saturated heterocycles. The summed E-state index contributed by atoms with van der Waals surface area (Å²) in [5, 5.41) is 9.25. The fraction of sp³-hybridized carbons (Fsp3) is 0.222. The molecule has 0 aliphatic heterocycles. The van der Waals surface area contributed by atoms with Crippen molar-refractivity contribution in [3.05, 3.63) is 24.3 Å². The topological polar surface area (TPSA) is 32.6 Å². The first-order chi connectivity index (χ1) is 5.20. The highest BCUT2D eigenvalue weighted by atomic mass is 16.3. The normalized spacial score (nSPS) is 9.27. The molecule has 0 atom stereocenters. The largest absolute Gasteiger partial charge is 0.506 e. The average Bonchev–Trinajstić information content (AvgIpc) is 1.93. The molecule has 0 fully saturated rings. The first-order valence-electron chi connectivity index (χ1n) is 3.50. The van der Waals surface area contributed by atoms with Gasteiger partial charge in [0.15, 0.2) is 0 Å². The lowest BCUT2D eigenvalue weighted by atomic mass is 10.3. The smallest absolute Gasteiger partial charge is 0.141 e. The fourth-order valence-corrected chi connectivity index (χ4v) is 0.800. The van der Waals surface area contributed by atoms with Crippen LogP contribution in [0.2, 0.25) is 0 Å². The summed E-state index contributed by atoms with van der Waals surface area (Å²) < 4.78 is 0. The maximum absolute atomic E-state index is 9.25. The summed E-state index contributed by atoms with van der Waals surface area (Å²) in [6.07, 6.45) is 0. The molecular weight excluding hydrogens is 138 g/mol. The number of hydrogen-bond acceptors (Lipinski definition) is 2. The third-order valence-corrected chi connectivity index (χ3v) is 1.23. The number of phenols is 1. The van der Waals surface area contributed by atoms with E-state index in [2.05, 4.69) is 4.99 Å². The molecule has 2 heteroatoms. The Morgan fingerprint density at radius 2 is 1.91 bits per heavy atom. The monoisotopic (exact) mass is 149 g/mol. The van der Waals surface area contributed by atoms with Gasteiger partial charge in [-0.15, -0.1) is 0 Å². The van der Waals surface area contributed by atoms with Gasteiger partial charge < -0.3 is 5.11 Å². The molecule has 0 aliphatic rings. The Labute approximate surface area is 66.2 Å². The summed E-state index contributed by atoms with van der Waals surface area (Å²) in [4.78, 5) is 4.13. The predicted molar refractivity (Wildman–Crippen MR) is 46.5 cm³/mol. The third-order valence-electron chi connectivity index (χ3n) is 1.23. The van der Waals surface area contributed by atoms with Crippen LogP contribution >= 0.6 is 0 Å². The standard InChI is InChI=1S/C9H11NO/c1-7(2)10-8-5-3-4-6-9(8)11/h3-6,11H,1-2H3. The van der Waals surface area contributed by atoms with Crippen LogP contribution < -0.4 is 0 Å². The predicted octanol–water partition coefficient (Wildman–Crippen LogP) is 2.50. The van der Waals surface area contributed by atoms with E-state index in [0.717, 1.165) is 5.71 Å². The Hall–Kier alpha value is -1.31. The minimum atomic E-state index is 0.230. The molecule has 1 aromatic rings. The minimum absolute atomic E-state index is 0.230. The van der Waals surface area contributed by atoms with Gasteiger partial charge in [0.05, 0.1) is 0 Å². The van der Waals surface area contributed by atoms with Crippen molar-refractivity contribution in [1.82, 2.24) is 0 Å². The summed E-state index contributed by atoms with van der Waals surface area (Å²) in [7, 11) is 0. The summed E-state index contributed by atoms with van der Waals surface area (Å²) >= 11 is 0. The first-order valence-corrected chi connectivity index (χ1v) is 3.50. The Morgan fingerprint density at radius 1 is 1.27 bits per heavy atom. The second-order valence-corrected chi connectivity index (χ2v) is 2.55. The van der Waals surface area contributed by atoms with Crippen LogP contribution in [0.5, 0.6) is 5.75 Å². The van der Waals surface area contributed by atoms with Gasteiger partial charge in [-0.2, -0.15) is 0 Å². The zero-order valence-corrected chi connectivity index (χ0v) is 6.70. The third kappa shape index (κ3) is 2.08. The summed E-state index contributed by atoms with van der Waals surface area (Å²) in [5.74, 6) is 0.230. The van der Waals surface area contributed by atoms with E-state index >= 15 is 0 Å². The molecule has 0 amide bonds. The lowest BCUT2D eigenvalue weighted by Gasteiger charge is -1.96. The van der Waals surface area contributed by atoms with Gasteiger partial charge in [0.25, 0.3) is 0 Å². The minimum Gasteiger partial charge on any atom is -0.506 e. The highest BCUT2D eigenvalue weighted by Crippen LogP contribution is 2.24. The van der Waals surface area contributed by atoms with E-state index in [0.29, 0.717) is 5.69 Å². The molecule has 0 unspecified atom stereocenters. The maximum atomic E-state index is 9.25. The second kappa shape index (κ2) is 3.19. The van der Waals surface area contributed by atoms with E-state index in [4.69, 9.17) is 0 Å². The molecule has 0 saturated carbocycles. The number of aliphatic imine (C=N–C) groups is 1. The van der Waals surface area contributed by atoms with E-state index in [-0.39, 0.29) is 5.75 Å². The van der Waals surface area contributed by atoms with Crippen molar-refractivity contribution < 1.29 is 5.11 Å². The second-order valence-electron chi connectivity index (χ2n) is 2.55. The number of rotatable bonds is 1. The van der Waals surface area contributed by atoms with Crippen LogP contribution in [0.4, 0.5) is 5.69 Å². The van der Waals surface area contributed by atoms with Gasteiger partial charge >= 0.3 is 0 Å². The molecule has 11 heavy (non-hydrogen) atoms. The van der Waals surface area contributed by atoms with Crippen molar-refractivity contribution in [3.8, 4) is 5.75 Å². The Morgan fingerprint density at radius 3 is 2.45 bits per heavy atom. The molecule has 0 radical (unpaired) electrons. The van der Waals surface area contributed by atoms with Crippen LogP contribution in [-0.4, -0.2) is 10.8 Å². The number of nitrogens with zero attached hydrogens (tertiary/aromatic N) is 1. The Balaban J connectivity index is 3.04. The fourth-order valence-electron chi connectivity index (χ4n) is 0.800. The summed E-state index contributed by atoms with van der Waals surface area (Å²) in [6.45, 7) is 3.79. The summed E-state index contributed by atoms with van der Waals surface area (Å²) in [5.41, 5.74) is 1.57. The molecule has 0 aliphatic carbocycles. The van der Waals surface area contributed by atoms with Crippen LogP contribution in [0.3, 0.4) is 0 Å². The number of para-hydroxylation sites is 2. The van der Waals surface area contributed by atoms with Crippen LogP contribution in [0.1, 0.15) is 13.8 Å². The molecule has 58 valence electrons. The van der Waals surface area contributed by atoms with E-state index < -0.39 is 0 Å². The van der Waals surface area contributed by atoms with Crippen molar-refractivity contribution in [2.24, 2.45) is 4.99 Å². The molecule has 1 rings (SSSR count). The van der Waals surface area contributed by atoms with Crippen molar-refractivity contribution in [2.75, 3.05) is 0 Å². The van der Waals surface area contributed by atoms with Crippen LogP contribution in [0, 0.1) is 0 Å². The van der Waals surface area contributed by atoms with Gasteiger partial charge in [-0.3, -0.25) is 4.99 Å². The van der Waals surface area contributed by atoms with Crippen LogP contribution in [0.15, 0.2) is 29.3 Å². The Kier molecular flexibility index (Phi) is 2.26. The average molecular weight is 149 g/mol. The van der Waals surface area contributed by atoms with E-state index in [1.807, 2.05) is 19.9 Å². The van der Waals surface area contributed by atoms with Gasteiger partial charge in [0, 0.05) is 5.71 Å². The lowest BCUT2D eigenvalue weighted by molar-refractivity contribution is 0.477. The molecular formula is C9H11NO. The zero-order valence-electron chi connectivity index (χ0n) is 6.70. The Bertz CT molecular complexity index is 275. The lowest BCUT2D eigenvalue weighted by Crippen LogP contribution is -1.77. The summed E-state index contributed by atoms with van der Waals surface area (Å²) in [6, 6.07) is 7.03. The number of phenolic OH excluding ortho intramolecular Hbond substituents is 1. The zero-order chi connectivity index (χ0) is 8.27. The van der Waals surface area contributed by atoms with E-state index in [1.54, 1.807) is 18.2 Å². The van der Waals surface area contributed by atoms with Gasteiger partial charge in [0.2, 0.25) is 0 Å². The molecule has 0 spiro atoms. The molecule has 0 aromatic heterocycles. The maximum Gasteiger partial charge on any atom is 0.141 e. The number of aromatic hydroxyl groups is 1. The highest BCUT2D eigenvalue weighted by Gasteiger charge is 1.94. The molecule has 0 bridgehead atoms. The molecule has 0 heterocycles.